The molecule has 1 saturated carbocycles. The Morgan fingerprint density at radius 3 is 2.45 bits per heavy atom. The molecule has 20 heavy (non-hydrogen) atoms. The van der Waals surface area contributed by atoms with Crippen LogP contribution in [0, 0.1) is 5.92 Å². The zero-order valence-electron chi connectivity index (χ0n) is 13.0. The molecule has 2 aliphatic rings. The molecule has 0 amide bonds. The van der Waals surface area contributed by atoms with E-state index in [1.807, 2.05) is 6.92 Å². The lowest BCUT2D eigenvalue weighted by Gasteiger charge is -2.33. The summed E-state index contributed by atoms with van der Waals surface area (Å²) < 4.78 is 0. The Hall–Kier alpha value is -0.610. The number of nitrogens with zero attached hydrogens (tertiary/aromatic N) is 1. The van der Waals surface area contributed by atoms with Gasteiger partial charge in [-0.15, -0.1) is 0 Å². The van der Waals surface area contributed by atoms with Crippen LogP contribution in [0.4, 0.5) is 0 Å². The van der Waals surface area contributed by atoms with Crippen LogP contribution < -0.4 is 5.32 Å². The van der Waals surface area contributed by atoms with E-state index in [1.54, 1.807) is 0 Å². The standard InChI is InChI=1S/C16H30N2O2/c1-3-13-7-11-18(12-8-13)10-4-9-16(2,15(19)20)17-14-5-6-14/h13-14,17H,3-12H2,1-2H3,(H,19,20). The number of hydrogen-bond donors (Lipinski definition) is 2. The van der Waals surface area contributed by atoms with Gasteiger partial charge in [-0.1, -0.05) is 13.3 Å². The Labute approximate surface area is 122 Å². The fraction of sp³-hybridized carbons (Fsp3) is 0.938. The van der Waals surface area contributed by atoms with Crippen LogP contribution in [0.5, 0.6) is 0 Å². The normalized spacial score (nSPS) is 24.5. The molecular formula is C16H30N2O2. The van der Waals surface area contributed by atoms with Crippen molar-refractivity contribution in [2.45, 2.75) is 70.4 Å². The SMILES string of the molecule is CCC1CCN(CCCC(C)(NC2CC2)C(=O)O)CC1. The third-order valence-electron chi connectivity index (χ3n) is 5.01. The van der Waals surface area contributed by atoms with E-state index in [0.29, 0.717) is 6.04 Å². The van der Waals surface area contributed by atoms with Gasteiger partial charge in [0.05, 0.1) is 0 Å². The van der Waals surface area contributed by atoms with Crippen molar-refractivity contribution < 1.29 is 9.90 Å². The minimum atomic E-state index is -0.733. The molecule has 2 fully saturated rings. The average Bonchev–Trinajstić information content (AvgIpc) is 3.23. The fourth-order valence-corrected chi connectivity index (χ4v) is 3.19. The summed E-state index contributed by atoms with van der Waals surface area (Å²) in [7, 11) is 0. The third-order valence-corrected chi connectivity index (χ3v) is 5.01. The lowest BCUT2D eigenvalue weighted by Crippen LogP contribution is -2.51. The van der Waals surface area contributed by atoms with Crippen LogP contribution in [0.1, 0.15) is 58.8 Å². The lowest BCUT2D eigenvalue weighted by atomic mass is 9.93. The van der Waals surface area contributed by atoms with Crippen molar-refractivity contribution >= 4 is 5.97 Å². The predicted octanol–water partition coefficient (Wildman–Crippen LogP) is 2.48. The van der Waals surface area contributed by atoms with Gasteiger partial charge in [0.25, 0.3) is 0 Å². The zero-order chi connectivity index (χ0) is 14.6. The molecule has 0 radical (unpaired) electrons. The van der Waals surface area contributed by atoms with E-state index in [0.717, 1.165) is 38.1 Å². The summed E-state index contributed by atoms with van der Waals surface area (Å²) in [5.41, 5.74) is -0.733. The number of piperidine rings is 1. The number of aliphatic carboxylic acids is 1. The second-order valence-electron chi connectivity index (χ2n) is 6.85. The van der Waals surface area contributed by atoms with E-state index in [1.165, 1.54) is 32.4 Å². The molecule has 2 N–H and O–H groups in total. The highest BCUT2D eigenvalue weighted by molar-refractivity contribution is 5.78. The molecule has 1 unspecified atom stereocenters. The van der Waals surface area contributed by atoms with Gasteiger partial charge in [0.1, 0.15) is 5.54 Å². The van der Waals surface area contributed by atoms with Crippen LogP contribution in [-0.4, -0.2) is 47.2 Å². The number of hydrogen-bond acceptors (Lipinski definition) is 3. The molecule has 0 aromatic heterocycles. The van der Waals surface area contributed by atoms with Crippen molar-refractivity contribution in [3.63, 3.8) is 0 Å². The summed E-state index contributed by atoms with van der Waals surface area (Å²) in [5.74, 6) is 0.209. The van der Waals surface area contributed by atoms with Crippen LogP contribution in [-0.2, 0) is 4.79 Å². The first-order valence-electron chi connectivity index (χ1n) is 8.27. The topological polar surface area (TPSA) is 52.6 Å². The summed E-state index contributed by atoms with van der Waals surface area (Å²) in [6.45, 7) is 7.56. The Balaban J connectivity index is 1.69. The highest BCUT2D eigenvalue weighted by Gasteiger charge is 2.38. The van der Waals surface area contributed by atoms with Crippen molar-refractivity contribution in [3.8, 4) is 0 Å². The van der Waals surface area contributed by atoms with Crippen molar-refractivity contribution in [1.29, 1.82) is 0 Å². The van der Waals surface area contributed by atoms with Gasteiger partial charge in [-0.2, -0.15) is 0 Å². The molecule has 0 spiro atoms. The van der Waals surface area contributed by atoms with Crippen LogP contribution in [0.25, 0.3) is 0 Å². The monoisotopic (exact) mass is 282 g/mol. The van der Waals surface area contributed by atoms with Crippen LogP contribution in [0.15, 0.2) is 0 Å². The molecule has 1 aliphatic carbocycles. The summed E-state index contributed by atoms with van der Waals surface area (Å²) in [6, 6.07) is 0.441. The summed E-state index contributed by atoms with van der Waals surface area (Å²) in [6.07, 6.45) is 7.89. The smallest absolute Gasteiger partial charge is 0.323 e. The Morgan fingerprint density at radius 2 is 1.95 bits per heavy atom. The third kappa shape index (κ3) is 4.45. The number of carboxylic acid groups (broad SMARTS) is 1. The predicted molar refractivity (Wildman–Crippen MR) is 80.9 cm³/mol. The summed E-state index contributed by atoms with van der Waals surface area (Å²) in [5, 5.41) is 12.7. The molecule has 1 heterocycles. The molecular weight excluding hydrogens is 252 g/mol. The van der Waals surface area contributed by atoms with E-state index in [2.05, 4.69) is 17.1 Å². The molecule has 4 heteroatoms. The molecule has 1 aliphatic heterocycles. The molecule has 1 saturated heterocycles. The number of nitrogens with one attached hydrogen (secondary N) is 1. The average molecular weight is 282 g/mol. The van der Waals surface area contributed by atoms with E-state index in [4.69, 9.17) is 0 Å². The van der Waals surface area contributed by atoms with Gasteiger partial charge < -0.3 is 10.0 Å². The van der Waals surface area contributed by atoms with Gasteiger partial charge in [0.15, 0.2) is 0 Å². The van der Waals surface area contributed by atoms with Gasteiger partial charge in [-0.05, 0) is 71.0 Å². The van der Waals surface area contributed by atoms with Crippen LogP contribution in [0.3, 0.4) is 0 Å². The maximum Gasteiger partial charge on any atom is 0.323 e. The van der Waals surface area contributed by atoms with Gasteiger partial charge in [0.2, 0.25) is 0 Å². The summed E-state index contributed by atoms with van der Waals surface area (Å²) >= 11 is 0. The lowest BCUT2D eigenvalue weighted by molar-refractivity contribution is -0.144. The van der Waals surface area contributed by atoms with Gasteiger partial charge >= 0.3 is 5.97 Å². The molecule has 0 aromatic rings. The molecule has 116 valence electrons. The molecule has 1 atom stereocenters. The number of likely N-dealkylation sites (tertiary alicyclic amines) is 1. The highest BCUT2D eigenvalue weighted by Crippen LogP contribution is 2.25. The highest BCUT2D eigenvalue weighted by atomic mass is 16.4. The minimum absolute atomic E-state index is 0.441. The molecule has 0 bridgehead atoms. The van der Waals surface area contributed by atoms with Gasteiger partial charge in [-0.3, -0.25) is 10.1 Å². The van der Waals surface area contributed by atoms with Crippen molar-refractivity contribution in [3.05, 3.63) is 0 Å². The quantitative estimate of drug-likeness (QED) is 0.718. The van der Waals surface area contributed by atoms with Crippen LogP contribution in [0.2, 0.25) is 0 Å². The van der Waals surface area contributed by atoms with Crippen molar-refractivity contribution in [2.24, 2.45) is 5.92 Å². The summed E-state index contributed by atoms with van der Waals surface area (Å²) in [4.78, 5) is 14.0. The number of carboxylic acids is 1. The first kappa shape index (κ1) is 15.8. The Morgan fingerprint density at radius 1 is 1.30 bits per heavy atom. The van der Waals surface area contributed by atoms with E-state index >= 15 is 0 Å². The fourth-order valence-electron chi connectivity index (χ4n) is 3.19. The largest absolute Gasteiger partial charge is 0.480 e. The van der Waals surface area contributed by atoms with Crippen LogP contribution >= 0.6 is 0 Å². The van der Waals surface area contributed by atoms with Crippen molar-refractivity contribution in [2.75, 3.05) is 19.6 Å². The first-order valence-corrected chi connectivity index (χ1v) is 8.27. The maximum atomic E-state index is 11.5. The first-order chi connectivity index (χ1) is 9.53. The van der Waals surface area contributed by atoms with Crippen molar-refractivity contribution in [1.82, 2.24) is 10.2 Å². The number of rotatable bonds is 8. The Bertz CT molecular complexity index is 322. The molecule has 0 aromatic carbocycles. The molecule has 4 nitrogen and oxygen atoms in total. The van der Waals surface area contributed by atoms with Gasteiger partial charge in [0, 0.05) is 6.04 Å². The van der Waals surface area contributed by atoms with E-state index < -0.39 is 11.5 Å². The molecule has 2 rings (SSSR count). The second-order valence-corrected chi connectivity index (χ2v) is 6.85. The zero-order valence-corrected chi connectivity index (χ0v) is 13.0. The van der Waals surface area contributed by atoms with E-state index in [9.17, 15) is 9.90 Å². The van der Waals surface area contributed by atoms with Gasteiger partial charge in [-0.25, -0.2) is 0 Å². The minimum Gasteiger partial charge on any atom is -0.480 e. The maximum absolute atomic E-state index is 11.5. The number of carbonyl (C=O) groups is 1. The van der Waals surface area contributed by atoms with E-state index in [-0.39, 0.29) is 0 Å². The second kappa shape index (κ2) is 6.90. The Kier molecular flexibility index (Phi) is 5.44.